The van der Waals surface area contributed by atoms with Gasteiger partial charge >= 0.3 is 12.1 Å². The molecule has 3 aromatic rings. The van der Waals surface area contributed by atoms with Gasteiger partial charge in [-0.1, -0.05) is 23.8 Å². The Hall–Kier alpha value is -2.76. The minimum absolute atomic E-state index is 0.0915. The smallest absolute Gasteiger partial charge is 0.416 e. The van der Waals surface area contributed by atoms with E-state index in [4.69, 9.17) is 0 Å². The molecule has 1 aromatic heterocycles. The van der Waals surface area contributed by atoms with E-state index >= 15 is 0 Å². The number of aliphatic carboxylic acids is 1. The molecule has 0 bridgehead atoms. The zero-order valence-electron chi connectivity index (χ0n) is 14.4. The quantitative estimate of drug-likeness (QED) is 0.714. The van der Waals surface area contributed by atoms with Gasteiger partial charge in [-0.2, -0.15) is 13.2 Å². The van der Waals surface area contributed by atoms with Crippen LogP contribution in [0.4, 0.5) is 13.2 Å². The monoisotopic (exact) mass is 361 g/mol. The molecule has 0 amide bonds. The predicted molar refractivity (Wildman–Crippen MR) is 93.3 cm³/mol. The minimum atomic E-state index is -4.36. The first-order valence-corrected chi connectivity index (χ1v) is 8.13. The molecule has 0 unspecified atom stereocenters. The van der Waals surface area contributed by atoms with E-state index in [2.05, 4.69) is 0 Å². The van der Waals surface area contributed by atoms with Crippen LogP contribution in [0.1, 0.15) is 27.9 Å². The summed E-state index contributed by atoms with van der Waals surface area (Å²) >= 11 is 0. The second-order valence-electron chi connectivity index (χ2n) is 6.44. The zero-order valence-corrected chi connectivity index (χ0v) is 14.4. The molecular formula is C20H18F3NO2. The second kappa shape index (κ2) is 6.52. The summed E-state index contributed by atoms with van der Waals surface area (Å²) in [7, 11) is 0. The van der Waals surface area contributed by atoms with Gasteiger partial charge in [-0.15, -0.1) is 0 Å². The van der Waals surface area contributed by atoms with E-state index in [9.17, 15) is 23.1 Å². The van der Waals surface area contributed by atoms with Crippen LogP contribution in [0.2, 0.25) is 0 Å². The fraction of sp³-hybridized carbons (Fsp3) is 0.250. The first-order chi connectivity index (χ1) is 12.2. The number of hydrogen-bond acceptors (Lipinski definition) is 1. The van der Waals surface area contributed by atoms with Crippen molar-refractivity contribution in [3.63, 3.8) is 0 Å². The van der Waals surface area contributed by atoms with Crippen LogP contribution in [0, 0.1) is 13.8 Å². The number of carboxylic acid groups (broad SMARTS) is 1. The molecule has 136 valence electrons. The number of benzene rings is 2. The number of carboxylic acids is 1. The van der Waals surface area contributed by atoms with Crippen molar-refractivity contribution in [3.8, 4) is 0 Å². The predicted octanol–water partition coefficient (Wildman–Crippen LogP) is 4.95. The van der Waals surface area contributed by atoms with Gasteiger partial charge < -0.3 is 9.67 Å². The van der Waals surface area contributed by atoms with Gasteiger partial charge in [0.2, 0.25) is 0 Å². The molecule has 0 aliphatic rings. The van der Waals surface area contributed by atoms with Crippen molar-refractivity contribution in [2.45, 2.75) is 33.0 Å². The number of carbonyl (C=O) groups is 1. The normalized spacial score (nSPS) is 11.9. The van der Waals surface area contributed by atoms with E-state index in [1.165, 1.54) is 12.1 Å². The summed E-state index contributed by atoms with van der Waals surface area (Å²) in [6.45, 7) is 4.16. The number of halogens is 3. The van der Waals surface area contributed by atoms with Gasteiger partial charge in [-0.3, -0.25) is 4.79 Å². The lowest BCUT2D eigenvalue weighted by Crippen LogP contribution is -2.07. The Morgan fingerprint density at radius 3 is 2.31 bits per heavy atom. The van der Waals surface area contributed by atoms with Gasteiger partial charge in [0.25, 0.3) is 0 Å². The van der Waals surface area contributed by atoms with Crippen LogP contribution in [0.5, 0.6) is 0 Å². The molecule has 0 aliphatic heterocycles. The molecule has 1 heterocycles. The lowest BCUT2D eigenvalue weighted by atomic mass is 10.1. The van der Waals surface area contributed by atoms with Crippen molar-refractivity contribution in [3.05, 3.63) is 70.4 Å². The Morgan fingerprint density at radius 2 is 1.73 bits per heavy atom. The van der Waals surface area contributed by atoms with Crippen LogP contribution < -0.4 is 0 Å². The molecule has 0 aliphatic carbocycles. The number of aryl methyl sites for hydroxylation is 1. The standard InChI is InChI=1S/C20H18F3NO2/c1-12-3-8-18-17(9-12)16(10-19(25)26)13(2)24(18)11-14-4-6-15(7-5-14)20(21,22)23/h3-9H,10-11H2,1-2H3,(H,25,26). The van der Waals surface area contributed by atoms with Gasteiger partial charge in [-0.25, -0.2) is 0 Å². The second-order valence-corrected chi connectivity index (χ2v) is 6.44. The van der Waals surface area contributed by atoms with Crippen molar-refractivity contribution in [2.24, 2.45) is 0 Å². The molecule has 26 heavy (non-hydrogen) atoms. The maximum atomic E-state index is 12.7. The largest absolute Gasteiger partial charge is 0.481 e. The molecule has 0 saturated carbocycles. The van der Waals surface area contributed by atoms with E-state index in [-0.39, 0.29) is 6.42 Å². The highest BCUT2D eigenvalue weighted by atomic mass is 19.4. The fourth-order valence-electron chi connectivity index (χ4n) is 3.23. The number of fused-ring (bicyclic) bond motifs is 1. The van der Waals surface area contributed by atoms with E-state index in [0.717, 1.165) is 45.4 Å². The van der Waals surface area contributed by atoms with Gasteiger partial charge in [0.15, 0.2) is 0 Å². The third-order valence-electron chi connectivity index (χ3n) is 4.56. The van der Waals surface area contributed by atoms with Gasteiger partial charge in [-0.05, 0) is 49.2 Å². The highest BCUT2D eigenvalue weighted by molar-refractivity contribution is 5.89. The summed E-state index contributed by atoms with van der Waals surface area (Å²) in [5.74, 6) is -0.914. The van der Waals surface area contributed by atoms with Crippen LogP contribution in [0.25, 0.3) is 10.9 Å². The van der Waals surface area contributed by atoms with Crippen LogP contribution in [0.15, 0.2) is 42.5 Å². The van der Waals surface area contributed by atoms with Gasteiger partial charge in [0.05, 0.1) is 12.0 Å². The van der Waals surface area contributed by atoms with Crippen molar-refractivity contribution < 1.29 is 23.1 Å². The summed E-state index contributed by atoms with van der Waals surface area (Å²) in [6.07, 6.45) is -4.45. The Bertz CT molecular complexity index is 969. The molecular weight excluding hydrogens is 343 g/mol. The Kier molecular flexibility index (Phi) is 4.52. The highest BCUT2D eigenvalue weighted by Gasteiger charge is 2.30. The van der Waals surface area contributed by atoms with Crippen LogP contribution in [-0.2, 0) is 23.9 Å². The molecule has 1 N–H and O–H groups in total. The van der Waals surface area contributed by atoms with Gasteiger partial charge in [0, 0.05) is 23.1 Å². The van der Waals surface area contributed by atoms with Crippen molar-refractivity contribution in [1.82, 2.24) is 4.57 Å². The molecule has 0 saturated heterocycles. The zero-order chi connectivity index (χ0) is 19.1. The number of hydrogen-bond donors (Lipinski definition) is 1. The molecule has 0 fully saturated rings. The Morgan fingerprint density at radius 1 is 1.08 bits per heavy atom. The van der Waals surface area contributed by atoms with Crippen LogP contribution in [-0.4, -0.2) is 15.6 Å². The van der Waals surface area contributed by atoms with Crippen LogP contribution in [0.3, 0.4) is 0 Å². The van der Waals surface area contributed by atoms with Crippen LogP contribution >= 0.6 is 0 Å². The van der Waals surface area contributed by atoms with E-state index < -0.39 is 17.7 Å². The van der Waals surface area contributed by atoms with E-state index in [1.807, 2.05) is 36.6 Å². The minimum Gasteiger partial charge on any atom is -0.481 e. The summed E-state index contributed by atoms with van der Waals surface area (Å²) < 4.78 is 40.1. The number of nitrogens with zero attached hydrogens (tertiary/aromatic N) is 1. The van der Waals surface area contributed by atoms with Crippen molar-refractivity contribution in [1.29, 1.82) is 0 Å². The molecule has 0 spiro atoms. The first-order valence-electron chi connectivity index (χ1n) is 8.13. The lowest BCUT2D eigenvalue weighted by molar-refractivity contribution is -0.138. The lowest BCUT2D eigenvalue weighted by Gasteiger charge is -2.11. The van der Waals surface area contributed by atoms with Crippen molar-refractivity contribution >= 4 is 16.9 Å². The molecule has 6 heteroatoms. The summed E-state index contributed by atoms with van der Waals surface area (Å²) in [5, 5.41) is 10.1. The van der Waals surface area contributed by atoms with E-state index in [0.29, 0.717) is 6.54 Å². The Labute approximate surface area is 148 Å². The van der Waals surface area contributed by atoms with E-state index in [1.54, 1.807) is 0 Å². The number of rotatable bonds is 4. The molecule has 3 nitrogen and oxygen atoms in total. The SMILES string of the molecule is Cc1ccc2c(c1)c(CC(=O)O)c(C)n2Cc1ccc(C(F)(F)F)cc1. The highest BCUT2D eigenvalue weighted by Crippen LogP contribution is 2.31. The number of aromatic nitrogens is 1. The topological polar surface area (TPSA) is 42.2 Å². The third kappa shape index (κ3) is 3.45. The number of alkyl halides is 3. The Balaban J connectivity index is 2.05. The first kappa shape index (κ1) is 18.0. The fourth-order valence-corrected chi connectivity index (χ4v) is 3.23. The summed E-state index contributed by atoms with van der Waals surface area (Å²) in [4.78, 5) is 11.2. The maximum Gasteiger partial charge on any atom is 0.416 e. The average Bonchev–Trinajstić information content (AvgIpc) is 2.79. The molecule has 0 atom stereocenters. The molecule has 0 radical (unpaired) electrons. The summed E-state index contributed by atoms with van der Waals surface area (Å²) in [6, 6.07) is 10.9. The summed E-state index contributed by atoms with van der Waals surface area (Å²) in [5.41, 5.74) is 3.49. The van der Waals surface area contributed by atoms with Gasteiger partial charge in [0.1, 0.15) is 0 Å². The average molecular weight is 361 g/mol. The molecule has 2 aromatic carbocycles. The van der Waals surface area contributed by atoms with Crippen molar-refractivity contribution in [2.75, 3.05) is 0 Å². The third-order valence-corrected chi connectivity index (χ3v) is 4.56. The molecule has 3 rings (SSSR count). The maximum absolute atomic E-state index is 12.7.